The maximum atomic E-state index is 13.2. The largest absolute Gasteiger partial charge is 0.481 e. The Balaban J connectivity index is 1.46. The fraction of sp³-hybridized carbons (Fsp3) is 0.375. The molecule has 31 heavy (non-hydrogen) atoms. The van der Waals surface area contributed by atoms with Gasteiger partial charge in [0.05, 0.1) is 28.6 Å². The molecule has 162 valence electrons. The standard InChI is InChI=1S/C24H27N3O3S/c1-27(2)10-9-16-7-8-20-19(11-16)26-21(31-20)15-25-23(30)24(14-22(28)29)12-17-5-3-4-6-18(17)13-24/h3-8,11H,9-10,12-15H2,1-2H3,(H,25,30)(H,28,29). The summed E-state index contributed by atoms with van der Waals surface area (Å²) in [5, 5.41) is 13.3. The zero-order valence-electron chi connectivity index (χ0n) is 17.9. The fourth-order valence-electron chi connectivity index (χ4n) is 4.30. The monoisotopic (exact) mass is 437 g/mol. The highest BCUT2D eigenvalue weighted by atomic mass is 32.1. The minimum atomic E-state index is -0.951. The number of carbonyl (C=O) groups is 2. The molecular weight excluding hydrogens is 410 g/mol. The van der Waals surface area contributed by atoms with Gasteiger partial charge in [-0.15, -0.1) is 11.3 Å². The second-order valence-corrected chi connectivity index (χ2v) is 9.73. The van der Waals surface area contributed by atoms with Crippen LogP contribution in [-0.2, 0) is 35.4 Å². The third-order valence-electron chi connectivity index (χ3n) is 5.89. The molecule has 6 nitrogen and oxygen atoms in total. The smallest absolute Gasteiger partial charge is 0.304 e. The summed E-state index contributed by atoms with van der Waals surface area (Å²) in [5.41, 5.74) is 3.37. The topological polar surface area (TPSA) is 82.5 Å². The van der Waals surface area contributed by atoms with Crippen LogP contribution < -0.4 is 5.32 Å². The van der Waals surface area contributed by atoms with Gasteiger partial charge in [0, 0.05) is 6.54 Å². The lowest BCUT2D eigenvalue weighted by atomic mass is 9.80. The number of aromatic nitrogens is 1. The first-order valence-corrected chi connectivity index (χ1v) is 11.3. The number of benzene rings is 2. The molecule has 0 fully saturated rings. The number of hydrogen-bond donors (Lipinski definition) is 2. The van der Waals surface area contributed by atoms with Gasteiger partial charge in [-0.3, -0.25) is 9.59 Å². The summed E-state index contributed by atoms with van der Waals surface area (Å²) in [7, 11) is 4.12. The van der Waals surface area contributed by atoms with E-state index in [4.69, 9.17) is 4.98 Å². The first-order chi connectivity index (χ1) is 14.8. The molecule has 1 aliphatic rings. The highest BCUT2D eigenvalue weighted by Gasteiger charge is 2.45. The van der Waals surface area contributed by atoms with E-state index in [-0.39, 0.29) is 12.3 Å². The van der Waals surface area contributed by atoms with Crippen LogP contribution in [0, 0.1) is 5.41 Å². The maximum absolute atomic E-state index is 13.2. The summed E-state index contributed by atoms with van der Waals surface area (Å²) in [6, 6.07) is 14.2. The number of fused-ring (bicyclic) bond motifs is 2. The van der Waals surface area contributed by atoms with E-state index in [2.05, 4.69) is 42.5 Å². The highest BCUT2D eigenvalue weighted by molar-refractivity contribution is 7.18. The van der Waals surface area contributed by atoms with Gasteiger partial charge in [0.25, 0.3) is 0 Å². The lowest BCUT2D eigenvalue weighted by Crippen LogP contribution is -2.43. The van der Waals surface area contributed by atoms with Crippen molar-refractivity contribution in [2.45, 2.75) is 32.2 Å². The molecular formula is C24H27N3O3S. The average molecular weight is 438 g/mol. The zero-order valence-corrected chi connectivity index (χ0v) is 18.7. The van der Waals surface area contributed by atoms with Crippen LogP contribution in [-0.4, -0.2) is 47.5 Å². The minimum Gasteiger partial charge on any atom is -0.481 e. The summed E-state index contributed by atoms with van der Waals surface area (Å²) in [4.78, 5) is 31.6. The lowest BCUT2D eigenvalue weighted by molar-refractivity contribution is -0.145. The number of thiazole rings is 1. The van der Waals surface area contributed by atoms with E-state index in [1.54, 1.807) is 11.3 Å². The van der Waals surface area contributed by atoms with Crippen LogP contribution in [0.15, 0.2) is 42.5 Å². The molecule has 1 amide bonds. The van der Waals surface area contributed by atoms with Gasteiger partial charge in [-0.1, -0.05) is 30.3 Å². The van der Waals surface area contributed by atoms with Gasteiger partial charge < -0.3 is 15.3 Å². The van der Waals surface area contributed by atoms with Crippen LogP contribution in [0.25, 0.3) is 10.2 Å². The molecule has 0 saturated heterocycles. The van der Waals surface area contributed by atoms with E-state index in [0.29, 0.717) is 19.4 Å². The number of rotatable bonds is 8. The van der Waals surface area contributed by atoms with E-state index in [0.717, 1.165) is 39.3 Å². The Morgan fingerprint density at radius 2 is 1.87 bits per heavy atom. The number of nitrogens with zero attached hydrogens (tertiary/aromatic N) is 2. The van der Waals surface area contributed by atoms with Crippen molar-refractivity contribution in [1.29, 1.82) is 0 Å². The molecule has 0 radical (unpaired) electrons. The third kappa shape index (κ3) is 4.78. The normalized spacial score (nSPS) is 14.7. The number of carboxylic acids is 1. The van der Waals surface area contributed by atoms with E-state index >= 15 is 0 Å². The predicted octanol–water partition coefficient (Wildman–Crippen LogP) is 3.28. The van der Waals surface area contributed by atoms with Crippen LogP contribution in [0.4, 0.5) is 0 Å². The summed E-state index contributed by atoms with van der Waals surface area (Å²) in [6.07, 6.45) is 1.69. The molecule has 0 saturated carbocycles. The molecule has 0 spiro atoms. The van der Waals surface area contributed by atoms with Crippen molar-refractivity contribution >= 4 is 33.4 Å². The number of aliphatic carboxylic acids is 1. The van der Waals surface area contributed by atoms with Gasteiger partial charge in [-0.05, 0) is 62.2 Å². The average Bonchev–Trinajstić information content (AvgIpc) is 3.30. The van der Waals surface area contributed by atoms with Crippen molar-refractivity contribution in [3.05, 3.63) is 64.2 Å². The van der Waals surface area contributed by atoms with Gasteiger partial charge in [0.15, 0.2) is 0 Å². The maximum Gasteiger partial charge on any atom is 0.304 e. The summed E-state index contributed by atoms with van der Waals surface area (Å²) >= 11 is 1.56. The number of hydrogen-bond acceptors (Lipinski definition) is 5. The number of likely N-dealkylation sites (N-methyl/N-ethyl adjacent to an activating group) is 1. The molecule has 1 heterocycles. The molecule has 7 heteroatoms. The SMILES string of the molecule is CN(C)CCc1ccc2sc(CNC(=O)C3(CC(=O)O)Cc4ccccc4C3)nc2c1. The van der Waals surface area contributed by atoms with E-state index < -0.39 is 11.4 Å². The Morgan fingerprint density at radius 3 is 2.52 bits per heavy atom. The van der Waals surface area contributed by atoms with E-state index in [1.165, 1.54) is 5.56 Å². The molecule has 2 aromatic carbocycles. The second kappa shape index (κ2) is 8.77. The van der Waals surface area contributed by atoms with Gasteiger partial charge in [0.2, 0.25) is 5.91 Å². The van der Waals surface area contributed by atoms with Gasteiger partial charge in [-0.25, -0.2) is 4.98 Å². The van der Waals surface area contributed by atoms with Crippen molar-refractivity contribution in [3.8, 4) is 0 Å². The van der Waals surface area contributed by atoms with Gasteiger partial charge in [0.1, 0.15) is 5.01 Å². The molecule has 0 aliphatic heterocycles. The summed E-state index contributed by atoms with van der Waals surface area (Å²) in [5.74, 6) is -1.16. The Morgan fingerprint density at radius 1 is 1.16 bits per heavy atom. The number of carboxylic acid groups (broad SMARTS) is 1. The first-order valence-electron chi connectivity index (χ1n) is 10.4. The van der Waals surface area contributed by atoms with Crippen LogP contribution in [0.3, 0.4) is 0 Å². The minimum absolute atomic E-state index is 0.178. The zero-order chi connectivity index (χ0) is 22.0. The molecule has 3 aromatic rings. The van der Waals surface area contributed by atoms with Crippen LogP contribution in [0.2, 0.25) is 0 Å². The van der Waals surface area contributed by atoms with Crippen molar-refractivity contribution in [3.63, 3.8) is 0 Å². The van der Waals surface area contributed by atoms with Crippen molar-refractivity contribution in [2.24, 2.45) is 5.41 Å². The van der Waals surface area contributed by atoms with E-state index in [1.807, 2.05) is 24.3 Å². The first kappa shape index (κ1) is 21.5. The Kier molecular flexibility index (Phi) is 6.07. The molecule has 2 N–H and O–H groups in total. The molecule has 0 bridgehead atoms. The molecule has 0 atom stereocenters. The molecule has 1 aromatic heterocycles. The highest BCUT2D eigenvalue weighted by Crippen LogP contribution is 2.40. The second-order valence-electron chi connectivity index (χ2n) is 8.62. The Labute approximate surface area is 185 Å². The van der Waals surface area contributed by atoms with Crippen LogP contribution in [0.5, 0.6) is 0 Å². The summed E-state index contributed by atoms with van der Waals surface area (Å²) in [6.45, 7) is 1.29. The van der Waals surface area contributed by atoms with Crippen molar-refractivity contribution in [2.75, 3.05) is 20.6 Å². The Bertz CT molecular complexity index is 1100. The number of carbonyl (C=O) groups excluding carboxylic acids is 1. The molecule has 1 aliphatic carbocycles. The van der Waals surface area contributed by atoms with Crippen molar-refractivity contribution in [1.82, 2.24) is 15.2 Å². The number of nitrogens with one attached hydrogen (secondary N) is 1. The molecule has 0 unspecified atom stereocenters. The number of amides is 1. The Hall–Kier alpha value is -2.77. The fourth-order valence-corrected chi connectivity index (χ4v) is 5.18. The van der Waals surface area contributed by atoms with Gasteiger partial charge in [-0.2, -0.15) is 0 Å². The quantitative estimate of drug-likeness (QED) is 0.565. The van der Waals surface area contributed by atoms with Gasteiger partial charge >= 0.3 is 5.97 Å². The van der Waals surface area contributed by atoms with Crippen LogP contribution >= 0.6 is 11.3 Å². The lowest BCUT2D eigenvalue weighted by Gasteiger charge is -2.25. The predicted molar refractivity (Wildman–Crippen MR) is 122 cm³/mol. The molecule has 4 rings (SSSR count). The van der Waals surface area contributed by atoms with E-state index in [9.17, 15) is 14.7 Å². The third-order valence-corrected chi connectivity index (χ3v) is 6.93. The summed E-state index contributed by atoms with van der Waals surface area (Å²) < 4.78 is 1.09. The van der Waals surface area contributed by atoms with Crippen molar-refractivity contribution < 1.29 is 14.7 Å². The van der Waals surface area contributed by atoms with Crippen LogP contribution in [0.1, 0.15) is 28.1 Å².